The first-order chi connectivity index (χ1) is 9.10. The van der Waals surface area contributed by atoms with Gasteiger partial charge in [-0.25, -0.2) is 4.68 Å². The second-order valence-corrected chi connectivity index (χ2v) is 4.22. The van der Waals surface area contributed by atoms with Gasteiger partial charge in [-0.15, -0.1) is 0 Å². The lowest BCUT2D eigenvalue weighted by Gasteiger charge is -2.06. The molecule has 7 heteroatoms. The Morgan fingerprint density at radius 2 is 2.37 bits per heavy atom. The molecule has 0 amide bonds. The molecule has 0 aliphatic rings. The molecule has 0 spiro atoms. The van der Waals surface area contributed by atoms with E-state index in [2.05, 4.69) is 17.0 Å². The standard InChI is InChI=1S/C12H11ClN4O2/c1-2-16-8-9(7-15-16)6-14-11-5-10(13)3-4-12(11)17(18)19/h2-5,7-8,14H,1,6H2. The first kappa shape index (κ1) is 13.1. The summed E-state index contributed by atoms with van der Waals surface area (Å²) >= 11 is 5.84. The van der Waals surface area contributed by atoms with Gasteiger partial charge in [0.1, 0.15) is 5.69 Å². The monoisotopic (exact) mass is 278 g/mol. The molecule has 19 heavy (non-hydrogen) atoms. The van der Waals surface area contributed by atoms with Crippen LogP contribution in [-0.2, 0) is 6.54 Å². The molecule has 0 bridgehead atoms. The van der Waals surface area contributed by atoms with Crippen LogP contribution in [0.2, 0.25) is 5.02 Å². The number of anilines is 1. The van der Waals surface area contributed by atoms with Gasteiger partial charge in [0.15, 0.2) is 0 Å². The second-order valence-electron chi connectivity index (χ2n) is 3.78. The minimum atomic E-state index is -0.453. The summed E-state index contributed by atoms with van der Waals surface area (Å²) in [6.07, 6.45) is 4.99. The van der Waals surface area contributed by atoms with Gasteiger partial charge in [0, 0.05) is 35.6 Å². The number of halogens is 1. The third-order valence-electron chi connectivity index (χ3n) is 2.48. The molecule has 0 saturated carbocycles. The highest BCUT2D eigenvalue weighted by Crippen LogP contribution is 2.27. The van der Waals surface area contributed by atoms with Crippen molar-refractivity contribution in [2.75, 3.05) is 5.32 Å². The third-order valence-corrected chi connectivity index (χ3v) is 2.72. The fourth-order valence-electron chi connectivity index (χ4n) is 1.57. The quantitative estimate of drug-likeness (QED) is 0.673. The summed E-state index contributed by atoms with van der Waals surface area (Å²) in [5.41, 5.74) is 1.25. The molecule has 1 aromatic heterocycles. The van der Waals surface area contributed by atoms with E-state index in [0.29, 0.717) is 17.3 Å². The van der Waals surface area contributed by atoms with E-state index in [0.717, 1.165) is 5.56 Å². The second kappa shape index (κ2) is 5.53. The van der Waals surface area contributed by atoms with Crippen LogP contribution in [0.5, 0.6) is 0 Å². The fourth-order valence-corrected chi connectivity index (χ4v) is 1.75. The van der Waals surface area contributed by atoms with Crippen molar-refractivity contribution in [2.24, 2.45) is 0 Å². The van der Waals surface area contributed by atoms with Crippen molar-refractivity contribution in [1.29, 1.82) is 0 Å². The Labute approximate surface area is 114 Å². The van der Waals surface area contributed by atoms with Crippen molar-refractivity contribution in [2.45, 2.75) is 6.54 Å². The topological polar surface area (TPSA) is 73.0 Å². The molecule has 0 unspecified atom stereocenters. The normalized spacial score (nSPS) is 10.2. The number of nitrogens with one attached hydrogen (secondary N) is 1. The molecule has 98 valence electrons. The van der Waals surface area contributed by atoms with Crippen molar-refractivity contribution in [1.82, 2.24) is 9.78 Å². The van der Waals surface area contributed by atoms with Gasteiger partial charge in [-0.3, -0.25) is 10.1 Å². The maximum atomic E-state index is 10.9. The Morgan fingerprint density at radius 3 is 3.00 bits per heavy atom. The highest BCUT2D eigenvalue weighted by atomic mass is 35.5. The largest absolute Gasteiger partial charge is 0.375 e. The molecule has 0 aliphatic heterocycles. The van der Waals surface area contributed by atoms with E-state index in [9.17, 15) is 10.1 Å². The summed E-state index contributed by atoms with van der Waals surface area (Å²) in [4.78, 5) is 10.4. The number of nitro groups is 1. The molecule has 0 aliphatic carbocycles. The molecule has 1 N–H and O–H groups in total. The maximum Gasteiger partial charge on any atom is 0.292 e. The van der Waals surface area contributed by atoms with Crippen LogP contribution in [-0.4, -0.2) is 14.7 Å². The molecule has 0 atom stereocenters. The number of benzene rings is 1. The van der Waals surface area contributed by atoms with E-state index in [-0.39, 0.29) is 5.69 Å². The highest BCUT2D eigenvalue weighted by molar-refractivity contribution is 6.31. The van der Waals surface area contributed by atoms with E-state index < -0.39 is 4.92 Å². The number of hydrogen-bond donors (Lipinski definition) is 1. The lowest BCUT2D eigenvalue weighted by Crippen LogP contribution is -2.02. The average molecular weight is 279 g/mol. The SMILES string of the molecule is C=Cn1cc(CNc2cc(Cl)ccc2[N+](=O)[O-])cn1. The lowest BCUT2D eigenvalue weighted by molar-refractivity contribution is -0.384. The smallest absolute Gasteiger partial charge is 0.292 e. The van der Waals surface area contributed by atoms with E-state index >= 15 is 0 Å². The summed E-state index contributed by atoms with van der Waals surface area (Å²) in [6, 6.07) is 4.38. The fraction of sp³-hybridized carbons (Fsp3) is 0.0833. The summed E-state index contributed by atoms with van der Waals surface area (Å²) in [6.45, 7) is 4.00. The number of rotatable bonds is 5. The Kier molecular flexibility index (Phi) is 3.82. The molecule has 0 saturated heterocycles. The van der Waals surface area contributed by atoms with Gasteiger partial charge in [-0.2, -0.15) is 5.10 Å². The summed E-state index contributed by atoms with van der Waals surface area (Å²) in [5.74, 6) is 0. The lowest BCUT2D eigenvalue weighted by atomic mass is 10.2. The molecule has 2 aromatic rings. The van der Waals surface area contributed by atoms with Crippen molar-refractivity contribution in [3.05, 3.63) is 57.9 Å². The van der Waals surface area contributed by atoms with Crippen LogP contribution >= 0.6 is 11.6 Å². The van der Waals surface area contributed by atoms with Crippen molar-refractivity contribution in [3.8, 4) is 0 Å². The Hall–Kier alpha value is -2.34. The van der Waals surface area contributed by atoms with Gasteiger partial charge in [-0.1, -0.05) is 18.2 Å². The number of nitro benzene ring substituents is 1. The molecular formula is C12H11ClN4O2. The minimum Gasteiger partial charge on any atom is -0.375 e. The van der Waals surface area contributed by atoms with Crippen LogP contribution in [0.15, 0.2) is 37.2 Å². The van der Waals surface area contributed by atoms with Crippen LogP contribution in [0, 0.1) is 10.1 Å². The van der Waals surface area contributed by atoms with E-state index in [1.807, 2.05) is 0 Å². The summed E-state index contributed by atoms with van der Waals surface area (Å²) < 4.78 is 1.56. The van der Waals surface area contributed by atoms with E-state index in [1.165, 1.54) is 18.2 Å². The van der Waals surface area contributed by atoms with Crippen molar-refractivity contribution < 1.29 is 4.92 Å². The first-order valence-electron chi connectivity index (χ1n) is 5.43. The Balaban J connectivity index is 2.16. The number of aromatic nitrogens is 2. The van der Waals surface area contributed by atoms with Crippen LogP contribution in [0.4, 0.5) is 11.4 Å². The Bertz CT molecular complexity index is 624. The van der Waals surface area contributed by atoms with Crippen molar-refractivity contribution in [3.63, 3.8) is 0 Å². The predicted molar refractivity (Wildman–Crippen MR) is 74.0 cm³/mol. The van der Waals surface area contributed by atoms with Gasteiger partial charge >= 0.3 is 0 Å². The maximum absolute atomic E-state index is 10.9. The van der Waals surface area contributed by atoms with Crippen molar-refractivity contribution >= 4 is 29.2 Å². The van der Waals surface area contributed by atoms with Gasteiger partial charge < -0.3 is 5.32 Å². The zero-order valence-electron chi connectivity index (χ0n) is 9.91. The molecule has 0 fully saturated rings. The predicted octanol–water partition coefficient (Wildman–Crippen LogP) is 3.16. The average Bonchev–Trinajstić information content (AvgIpc) is 2.84. The van der Waals surface area contributed by atoms with Crippen LogP contribution in [0.1, 0.15) is 5.56 Å². The van der Waals surface area contributed by atoms with E-state index in [1.54, 1.807) is 23.3 Å². The highest BCUT2D eigenvalue weighted by Gasteiger charge is 2.13. The minimum absolute atomic E-state index is 0.0134. The third kappa shape index (κ3) is 3.11. The van der Waals surface area contributed by atoms with Gasteiger partial charge in [0.2, 0.25) is 0 Å². The Morgan fingerprint density at radius 1 is 1.58 bits per heavy atom. The van der Waals surface area contributed by atoms with Gasteiger partial charge in [0.05, 0.1) is 11.1 Å². The van der Waals surface area contributed by atoms with Crippen LogP contribution in [0.25, 0.3) is 6.20 Å². The van der Waals surface area contributed by atoms with Gasteiger partial charge in [0.25, 0.3) is 5.69 Å². The number of nitrogens with zero attached hydrogens (tertiary/aromatic N) is 3. The van der Waals surface area contributed by atoms with Gasteiger partial charge in [-0.05, 0) is 12.1 Å². The first-order valence-corrected chi connectivity index (χ1v) is 5.81. The summed E-state index contributed by atoms with van der Waals surface area (Å²) in [5, 5.41) is 18.3. The van der Waals surface area contributed by atoms with Crippen LogP contribution in [0.3, 0.4) is 0 Å². The van der Waals surface area contributed by atoms with Crippen LogP contribution < -0.4 is 5.32 Å². The zero-order chi connectivity index (χ0) is 13.8. The molecular weight excluding hydrogens is 268 g/mol. The zero-order valence-corrected chi connectivity index (χ0v) is 10.7. The molecule has 1 heterocycles. The number of hydrogen-bond acceptors (Lipinski definition) is 4. The molecule has 2 rings (SSSR count). The summed E-state index contributed by atoms with van der Waals surface area (Å²) in [7, 11) is 0. The molecule has 0 radical (unpaired) electrons. The van der Waals surface area contributed by atoms with E-state index in [4.69, 9.17) is 11.6 Å². The molecule has 1 aromatic carbocycles. The molecule has 6 nitrogen and oxygen atoms in total.